The van der Waals surface area contributed by atoms with E-state index in [1.165, 1.54) is 41.4 Å². The number of anilines is 1. The predicted molar refractivity (Wildman–Crippen MR) is 53.1 cm³/mol. The van der Waals surface area contributed by atoms with Gasteiger partial charge in [-0.1, -0.05) is 0 Å². The molecule has 3 heteroatoms. The van der Waals surface area contributed by atoms with Gasteiger partial charge in [-0.3, -0.25) is 0 Å². The van der Waals surface area contributed by atoms with Gasteiger partial charge in [-0.15, -0.1) is 11.3 Å². The van der Waals surface area contributed by atoms with Crippen LogP contribution in [0.2, 0.25) is 0 Å². The van der Waals surface area contributed by atoms with Gasteiger partial charge >= 0.3 is 0 Å². The Morgan fingerprint density at radius 2 is 2.00 bits per heavy atom. The third kappa shape index (κ3) is 1.33. The molecular formula is C9H14N2S. The van der Waals surface area contributed by atoms with Gasteiger partial charge < -0.3 is 4.90 Å². The number of rotatable bonds is 1. The standard InChI is InChI=1S/C9H14N2S/c1-11(2)9-10-7-5-3-4-6-8(7)12-9/h3-6H2,1-2H3. The SMILES string of the molecule is CN(C)c1nc2c(s1)CCCC2. The maximum Gasteiger partial charge on any atom is 0.185 e. The zero-order chi connectivity index (χ0) is 8.55. The molecule has 1 aromatic rings. The lowest BCUT2D eigenvalue weighted by Crippen LogP contribution is -2.08. The highest BCUT2D eigenvalue weighted by Crippen LogP contribution is 2.30. The monoisotopic (exact) mass is 182 g/mol. The van der Waals surface area contributed by atoms with E-state index in [-0.39, 0.29) is 0 Å². The van der Waals surface area contributed by atoms with Gasteiger partial charge in [-0.05, 0) is 25.7 Å². The molecule has 0 spiro atoms. The average Bonchev–Trinajstić information content (AvgIpc) is 2.46. The molecule has 12 heavy (non-hydrogen) atoms. The van der Waals surface area contributed by atoms with E-state index in [1.807, 2.05) is 11.3 Å². The first-order valence-corrected chi connectivity index (χ1v) is 5.25. The van der Waals surface area contributed by atoms with E-state index in [0.717, 1.165) is 0 Å². The lowest BCUT2D eigenvalue weighted by atomic mass is 10.0. The van der Waals surface area contributed by atoms with Crippen molar-refractivity contribution in [2.45, 2.75) is 25.7 Å². The minimum absolute atomic E-state index is 1.17. The van der Waals surface area contributed by atoms with Gasteiger partial charge in [0.05, 0.1) is 5.69 Å². The van der Waals surface area contributed by atoms with E-state index in [0.29, 0.717) is 0 Å². The highest BCUT2D eigenvalue weighted by atomic mass is 32.1. The summed E-state index contributed by atoms with van der Waals surface area (Å²) in [7, 11) is 4.12. The molecule has 0 aliphatic heterocycles. The molecule has 0 saturated carbocycles. The summed E-state index contributed by atoms with van der Waals surface area (Å²) >= 11 is 1.86. The maximum absolute atomic E-state index is 4.59. The molecule has 0 atom stereocenters. The second-order valence-electron chi connectivity index (χ2n) is 3.47. The summed E-state index contributed by atoms with van der Waals surface area (Å²) in [5, 5.41) is 1.17. The molecule has 0 radical (unpaired) electrons. The summed E-state index contributed by atoms with van der Waals surface area (Å²) in [4.78, 5) is 8.21. The van der Waals surface area contributed by atoms with E-state index in [9.17, 15) is 0 Å². The Balaban J connectivity index is 2.32. The number of aryl methyl sites for hydroxylation is 2. The van der Waals surface area contributed by atoms with Crippen molar-refractivity contribution in [2.24, 2.45) is 0 Å². The fourth-order valence-corrected chi connectivity index (χ4v) is 2.60. The summed E-state index contributed by atoms with van der Waals surface area (Å²) in [5.74, 6) is 0. The van der Waals surface area contributed by atoms with Crippen LogP contribution in [0.15, 0.2) is 0 Å². The quantitative estimate of drug-likeness (QED) is 0.661. The fraction of sp³-hybridized carbons (Fsp3) is 0.667. The minimum atomic E-state index is 1.17. The number of fused-ring (bicyclic) bond motifs is 1. The minimum Gasteiger partial charge on any atom is -0.354 e. The lowest BCUT2D eigenvalue weighted by Gasteiger charge is -2.06. The Kier molecular flexibility index (Phi) is 2.05. The molecule has 0 bridgehead atoms. The molecule has 1 aliphatic carbocycles. The van der Waals surface area contributed by atoms with E-state index in [2.05, 4.69) is 24.0 Å². The summed E-state index contributed by atoms with van der Waals surface area (Å²) in [6.07, 6.45) is 5.12. The molecule has 0 saturated heterocycles. The largest absolute Gasteiger partial charge is 0.354 e. The normalized spacial score (nSPS) is 15.8. The summed E-state index contributed by atoms with van der Waals surface area (Å²) in [6, 6.07) is 0. The van der Waals surface area contributed by atoms with Gasteiger partial charge in [0.2, 0.25) is 0 Å². The first-order valence-electron chi connectivity index (χ1n) is 4.43. The van der Waals surface area contributed by atoms with Crippen LogP contribution < -0.4 is 4.90 Å². The average molecular weight is 182 g/mol. The molecule has 0 N–H and O–H groups in total. The Morgan fingerprint density at radius 3 is 2.67 bits per heavy atom. The third-order valence-electron chi connectivity index (χ3n) is 2.22. The van der Waals surface area contributed by atoms with Crippen molar-refractivity contribution in [1.82, 2.24) is 4.98 Å². The van der Waals surface area contributed by atoms with Crippen molar-refractivity contribution in [2.75, 3.05) is 19.0 Å². The van der Waals surface area contributed by atoms with E-state index in [4.69, 9.17) is 0 Å². The molecular weight excluding hydrogens is 168 g/mol. The van der Waals surface area contributed by atoms with Crippen molar-refractivity contribution in [3.05, 3.63) is 10.6 Å². The zero-order valence-electron chi connectivity index (χ0n) is 7.63. The molecule has 0 amide bonds. The Bertz CT molecular complexity index is 255. The highest BCUT2D eigenvalue weighted by molar-refractivity contribution is 7.15. The van der Waals surface area contributed by atoms with Crippen LogP contribution in [-0.4, -0.2) is 19.1 Å². The van der Waals surface area contributed by atoms with E-state index >= 15 is 0 Å². The van der Waals surface area contributed by atoms with Gasteiger partial charge in [0, 0.05) is 19.0 Å². The van der Waals surface area contributed by atoms with Gasteiger partial charge in [0.1, 0.15) is 0 Å². The van der Waals surface area contributed by atoms with Crippen molar-refractivity contribution in [1.29, 1.82) is 0 Å². The summed E-state index contributed by atoms with van der Waals surface area (Å²) in [6.45, 7) is 0. The number of hydrogen-bond acceptors (Lipinski definition) is 3. The van der Waals surface area contributed by atoms with E-state index < -0.39 is 0 Å². The summed E-state index contributed by atoms with van der Waals surface area (Å²) in [5.41, 5.74) is 1.36. The first kappa shape index (κ1) is 8.05. The second-order valence-corrected chi connectivity index (χ2v) is 4.53. The zero-order valence-corrected chi connectivity index (χ0v) is 8.45. The summed E-state index contributed by atoms with van der Waals surface area (Å²) < 4.78 is 0. The number of nitrogens with zero attached hydrogens (tertiary/aromatic N) is 2. The number of hydrogen-bond donors (Lipinski definition) is 0. The molecule has 1 heterocycles. The van der Waals surface area contributed by atoms with Gasteiger partial charge in [-0.25, -0.2) is 4.98 Å². The third-order valence-corrected chi connectivity index (χ3v) is 3.54. The van der Waals surface area contributed by atoms with Crippen LogP contribution in [0.3, 0.4) is 0 Å². The van der Waals surface area contributed by atoms with Crippen molar-refractivity contribution < 1.29 is 0 Å². The van der Waals surface area contributed by atoms with Gasteiger partial charge in [0.25, 0.3) is 0 Å². The molecule has 2 nitrogen and oxygen atoms in total. The predicted octanol–water partition coefficient (Wildman–Crippen LogP) is 2.09. The van der Waals surface area contributed by atoms with Gasteiger partial charge in [0.15, 0.2) is 5.13 Å². The topological polar surface area (TPSA) is 16.1 Å². The van der Waals surface area contributed by atoms with Crippen LogP contribution in [0.1, 0.15) is 23.4 Å². The Labute approximate surface area is 77.2 Å². The molecule has 0 unspecified atom stereocenters. The number of thiazole rings is 1. The maximum atomic E-state index is 4.59. The molecule has 1 aliphatic rings. The van der Waals surface area contributed by atoms with Gasteiger partial charge in [-0.2, -0.15) is 0 Å². The van der Waals surface area contributed by atoms with Crippen molar-refractivity contribution >= 4 is 16.5 Å². The van der Waals surface area contributed by atoms with Crippen LogP contribution in [-0.2, 0) is 12.8 Å². The van der Waals surface area contributed by atoms with Crippen LogP contribution >= 0.6 is 11.3 Å². The van der Waals surface area contributed by atoms with Crippen LogP contribution in [0.5, 0.6) is 0 Å². The van der Waals surface area contributed by atoms with Crippen LogP contribution in [0, 0.1) is 0 Å². The molecule has 1 aromatic heterocycles. The molecule has 66 valence electrons. The van der Waals surface area contributed by atoms with Crippen molar-refractivity contribution in [3.63, 3.8) is 0 Å². The fourth-order valence-electron chi connectivity index (χ4n) is 1.53. The van der Waals surface area contributed by atoms with Crippen molar-refractivity contribution in [3.8, 4) is 0 Å². The smallest absolute Gasteiger partial charge is 0.185 e. The lowest BCUT2D eigenvalue weighted by molar-refractivity contribution is 0.682. The van der Waals surface area contributed by atoms with Crippen LogP contribution in [0.4, 0.5) is 5.13 Å². The molecule has 0 fully saturated rings. The second kappa shape index (κ2) is 3.05. The first-order chi connectivity index (χ1) is 5.77. The highest BCUT2D eigenvalue weighted by Gasteiger charge is 2.15. The Morgan fingerprint density at radius 1 is 1.25 bits per heavy atom. The Hall–Kier alpha value is -0.570. The molecule has 2 rings (SSSR count). The van der Waals surface area contributed by atoms with Crippen LogP contribution in [0.25, 0.3) is 0 Å². The van der Waals surface area contributed by atoms with E-state index in [1.54, 1.807) is 0 Å². The number of aromatic nitrogens is 1. The molecule has 0 aromatic carbocycles.